The minimum atomic E-state index is 0.700. The average Bonchev–Trinajstić information content (AvgIpc) is 3.58. The van der Waals surface area contributed by atoms with Crippen LogP contribution in [0.25, 0.3) is 99.6 Å². The lowest BCUT2D eigenvalue weighted by atomic mass is 9.91. The standard InChI is InChI=1S/C48H30N2O/c1-3-11-31(12-4-1)40-25-23-32-13-7-8-16-39(32)47(40)44-30-43(49-48(50-44)33-14-5-2-6-15-33)38-22-21-34-27-35(19-20-36(34)28-38)37-24-26-42-41-17-9-10-18-45(41)51-46(42)29-37/h1-30H. The van der Waals surface area contributed by atoms with Crippen molar-refractivity contribution < 1.29 is 4.42 Å². The highest BCUT2D eigenvalue weighted by molar-refractivity contribution is 6.06. The van der Waals surface area contributed by atoms with E-state index < -0.39 is 0 Å². The first-order valence-corrected chi connectivity index (χ1v) is 17.2. The highest BCUT2D eigenvalue weighted by Gasteiger charge is 2.17. The van der Waals surface area contributed by atoms with Crippen LogP contribution in [0, 0.1) is 0 Å². The molecule has 0 unspecified atom stereocenters. The van der Waals surface area contributed by atoms with Crippen molar-refractivity contribution in [3.63, 3.8) is 0 Å². The summed E-state index contributed by atoms with van der Waals surface area (Å²) in [5, 5.41) is 6.93. The number of para-hydroxylation sites is 1. The number of benzene rings is 8. The summed E-state index contributed by atoms with van der Waals surface area (Å²) in [7, 11) is 0. The minimum absolute atomic E-state index is 0.700. The Labute approximate surface area is 295 Å². The average molecular weight is 651 g/mol. The van der Waals surface area contributed by atoms with Crippen molar-refractivity contribution in [2.75, 3.05) is 0 Å². The molecule has 0 spiro atoms. The maximum atomic E-state index is 6.19. The van der Waals surface area contributed by atoms with Crippen LogP contribution in [-0.4, -0.2) is 9.97 Å². The van der Waals surface area contributed by atoms with E-state index in [9.17, 15) is 0 Å². The molecule has 0 amide bonds. The predicted octanol–water partition coefficient (Wildman–Crippen LogP) is 13.0. The topological polar surface area (TPSA) is 38.9 Å². The molecule has 0 N–H and O–H groups in total. The summed E-state index contributed by atoms with van der Waals surface area (Å²) in [6, 6.07) is 63.9. The smallest absolute Gasteiger partial charge is 0.160 e. The minimum Gasteiger partial charge on any atom is -0.456 e. The third-order valence-corrected chi connectivity index (χ3v) is 9.88. The van der Waals surface area contributed by atoms with Gasteiger partial charge in [0.25, 0.3) is 0 Å². The lowest BCUT2D eigenvalue weighted by molar-refractivity contribution is 0.669. The molecule has 0 aliphatic rings. The van der Waals surface area contributed by atoms with Gasteiger partial charge in [0.1, 0.15) is 11.2 Å². The molecule has 0 aliphatic heterocycles. The Balaban J connectivity index is 1.11. The van der Waals surface area contributed by atoms with Crippen molar-refractivity contribution in [2.45, 2.75) is 0 Å². The Morgan fingerprint density at radius 3 is 1.75 bits per heavy atom. The third-order valence-electron chi connectivity index (χ3n) is 9.88. The maximum Gasteiger partial charge on any atom is 0.160 e. The van der Waals surface area contributed by atoms with E-state index in [1.807, 2.05) is 30.3 Å². The van der Waals surface area contributed by atoms with E-state index >= 15 is 0 Å². The molecule has 0 bridgehead atoms. The summed E-state index contributed by atoms with van der Waals surface area (Å²) in [4.78, 5) is 10.4. The monoisotopic (exact) mass is 650 g/mol. The largest absolute Gasteiger partial charge is 0.456 e. The van der Waals surface area contributed by atoms with Gasteiger partial charge in [-0.3, -0.25) is 0 Å². The molecule has 0 radical (unpaired) electrons. The van der Waals surface area contributed by atoms with Gasteiger partial charge in [-0.15, -0.1) is 0 Å². The molecular weight excluding hydrogens is 621 g/mol. The van der Waals surface area contributed by atoms with Crippen LogP contribution in [0.1, 0.15) is 0 Å². The highest BCUT2D eigenvalue weighted by atomic mass is 16.3. The van der Waals surface area contributed by atoms with Gasteiger partial charge in [0.05, 0.1) is 11.4 Å². The fourth-order valence-corrected chi connectivity index (χ4v) is 7.34. The second-order valence-electron chi connectivity index (χ2n) is 13.0. The lowest BCUT2D eigenvalue weighted by Crippen LogP contribution is -1.98. The molecule has 3 heteroatoms. The summed E-state index contributed by atoms with van der Waals surface area (Å²) < 4.78 is 6.19. The van der Waals surface area contributed by atoms with Crippen LogP contribution in [0.15, 0.2) is 186 Å². The molecule has 8 aromatic carbocycles. The van der Waals surface area contributed by atoms with Gasteiger partial charge in [0.15, 0.2) is 5.82 Å². The first-order valence-electron chi connectivity index (χ1n) is 17.2. The first-order chi connectivity index (χ1) is 25.2. The molecule has 0 saturated carbocycles. The number of furan rings is 1. The maximum absolute atomic E-state index is 6.19. The molecular formula is C48H30N2O. The molecule has 238 valence electrons. The summed E-state index contributed by atoms with van der Waals surface area (Å²) in [6.45, 7) is 0. The number of aromatic nitrogens is 2. The Bertz CT molecular complexity index is 2910. The summed E-state index contributed by atoms with van der Waals surface area (Å²) in [6.07, 6.45) is 0. The normalized spacial score (nSPS) is 11.5. The van der Waals surface area contributed by atoms with Crippen LogP contribution < -0.4 is 0 Å². The van der Waals surface area contributed by atoms with Crippen molar-refractivity contribution in [1.29, 1.82) is 0 Å². The molecule has 0 fully saturated rings. The summed E-state index contributed by atoms with van der Waals surface area (Å²) in [5.41, 5.74) is 11.3. The predicted molar refractivity (Wildman–Crippen MR) is 212 cm³/mol. The molecule has 3 nitrogen and oxygen atoms in total. The quantitative estimate of drug-likeness (QED) is 0.186. The third kappa shape index (κ3) is 5.15. The number of fused-ring (bicyclic) bond motifs is 5. The van der Waals surface area contributed by atoms with Crippen LogP contribution in [-0.2, 0) is 0 Å². The Morgan fingerprint density at radius 2 is 0.922 bits per heavy atom. The van der Waals surface area contributed by atoms with Crippen LogP contribution >= 0.6 is 0 Å². The zero-order valence-corrected chi connectivity index (χ0v) is 27.6. The van der Waals surface area contributed by atoms with Gasteiger partial charge in [0.2, 0.25) is 0 Å². The van der Waals surface area contributed by atoms with Gasteiger partial charge >= 0.3 is 0 Å². The van der Waals surface area contributed by atoms with Crippen LogP contribution in [0.4, 0.5) is 0 Å². The van der Waals surface area contributed by atoms with E-state index in [2.05, 4.69) is 152 Å². The van der Waals surface area contributed by atoms with Crippen molar-refractivity contribution in [3.05, 3.63) is 182 Å². The molecule has 2 aromatic heterocycles. The van der Waals surface area contributed by atoms with Gasteiger partial charge in [-0.25, -0.2) is 9.97 Å². The molecule has 0 aliphatic carbocycles. The lowest BCUT2D eigenvalue weighted by Gasteiger charge is -2.16. The van der Waals surface area contributed by atoms with Gasteiger partial charge < -0.3 is 4.42 Å². The zero-order chi connectivity index (χ0) is 33.7. The number of nitrogens with zero attached hydrogens (tertiary/aromatic N) is 2. The van der Waals surface area contributed by atoms with Crippen molar-refractivity contribution in [1.82, 2.24) is 9.97 Å². The molecule has 10 rings (SSSR count). The number of hydrogen-bond acceptors (Lipinski definition) is 3. The molecule has 0 saturated heterocycles. The fraction of sp³-hybridized carbons (Fsp3) is 0. The molecule has 2 heterocycles. The van der Waals surface area contributed by atoms with E-state index in [0.717, 1.165) is 83.0 Å². The van der Waals surface area contributed by atoms with Gasteiger partial charge in [-0.1, -0.05) is 146 Å². The van der Waals surface area contributed by atoms with Crippen LogP contribution in [0.2, 0.25) is 0 Å². The fourth-order valence-electron chi connectivity index (χ4n) is 7.34. The van der Waals surface area contributed by atoms with Gasteiger partial charge in [0, 0.05) is 27.5 Å². The van der Waals surface area contributed by atoms with Crippen molar-refractivity contribution in [3.8, 4) is 56.2 Å². The van der Waals surface area contributed by atoms with Gasteiger partial charge in [-0.2, -0.15) is 0 Å². The Morgan fingerprint density at radius 1 is 0.333 bits per heavy atom. The van der Waals surface area contributed by atoms with Crippen molar-refractivity contribution in [2.24, 2.45) is 0 Å². The van der Waals surface area contributed by atoms with E-state index in [4.69, 9.17) is 14.4 Å². The van der Waals surface area contributed by atoms with Crippen LogP contribution in [0.5, 0.6) is 0 Å². The second kappa shape index (κ2) is 11.9. The van der Waals surface area contributed by atoms with E-state index in [1.54, 1.807) is 0 Å². The first kappa shape index (κ1) is 29.1. The van der Waals surface area contributed by atoms with Crippen molar-refractivity contribution >= 4 is 43.5 Å². The van der Waals surface area contributed by atoms with Gasteiger partial charge in [-0.05, 0) is 80.2 Å². The summed E-state index contributed by atoms with van der Waals surface area (Å²) >= 11 is 0. The zero-order valence-electron chi connectivity index (χ0n) is 27.6. The molecule has 0 atom stereocenters. The Kier molecular flexibility index (Phi) is 6.81. The second-order valence-corrected chi connectivity index (χ2v) is 13.0. The molecule has 51 heavy (non-hydrogen) atoms. The Hall–Kier alpha value is -6.84. The van der Waals surface area contributed by atoms with E-state index in [-0.39, 0.29) is 0 Å². The van der Waals surface area contributed by atoms with Crippen LogP contribution in [0.3, 0.4) is 0 Å². The van der Waals surface area contributed by atoms with E-state index in [0.29, 0.717) is 5.82 Å². The van der Waals surface area contributed by atoms with E-state index in [1.165, 1.54) is 10.8 Å². The SMILES string of the molecule is c1ccc(-c2nc(-c3ccc4cc(-c5ccc6c(c5)oc5ccccc56)ccc4c3)cc(-c3c(-c4ccccc4)ccc4ccccc34)n2)cc1. The summed E-state index contributed by atoms with van der Waals surface area (Å²) in [5.74, 6) is 0.700. The number of hydrogen-bond donors (Lipinski definition) is 0. The number of rotatable bonds is 5. The highest BCUT2D eigenvalue weighted by Crippen LogP contribution is 2.40. The molecule has 10 aromatic rings.